The first-order chi connectivity index (χ1) is 7.15. The predicted molar refractivity (Wildman–Crippen MR) is 59.5 cm³/mol. The van der Waals surface area contributed by atoms with Crippen molar-refractivity contribution >= 4 is 0 Å². The van der Waals surface area contributed by atoms with Crippen LogP contribution in [0.5, 0.6) is 11.5 Å². The zero-order valence-corrected chi connectivity index (χ0v) is 9.45. The van der Waals surface area contributed by atoms with E-state index in [9.17, 15) is 5.11 Å². The van der Waals surface area contributed by atoms with E-state index in [4.69, 9.17) is 9.84 Å². The maximum atomic E-state index is 9.97. The van der Waals surface area contributed by atoms with E-state index in [1.54, 1.807) is 6.07 Å². The highest BCUT2D eigenvalue weighted by atomic mass is 16.5. The van der Waals surface area contributed by atoms with Gasteiger partial charge in [0.1, 0.15) is 0 Å². The molecule has 0 amide bonds. The molecule has 3 nitrogen and oxygen atoms in total. The Hall–Kier alpha value is -1.22. The van der Waals surface area contributed by atoms with E-state index in [1.807, 2.05) is 19.9 Å². The summed E-state index contributed by atoms with van der Waals surface area (Å²) in [5.74, 6) is 0.538. The van der Waals surface area contributed by atoms with Crippen LogP contribution in [0.2, 0.25) is 0 Å². The summed E-state index contributed by atoms with van der Waals surface area (Å²) >= 11 is 0. The van der Waals surface area contributed by atoms with Gasteiger partial charge in [-0.15, -0.1) is 0 Å². The highest BCUT2D eigenvalue weighted by Crippen LogP contribution is 2.37. The van der Waals surface area contributed by atoms with Gasteiger partial charge in [0.2, 0.25) is 0 Å². The first-order valence-corrected chi connectivity index (χ1v) is 5.15. The van der Waals surface area contributed by atoms with Crippen LogP contribution in [0, 0.1) is 0 Å². The van der Waals surface area contributed by atoms with Gasteiger partial charge in [0, 0.05) is 18.1 Å². The highest BCUT2D eigenvalue weighted by Gasteiger charge is 2.17. The van der Waals surface area contributed by atoms with Gasteiger partial charge in [-0.25, -0.2) is 0 Å². The molecule has 15 heavy (non-hydrogen) atoms. The second-order valence-electron chi connectivity index (χ2n) is 3.63. The standard InChI is InChI=1S/C12H18O3/c1-4-9-5-6-10(15-3)12(14)11(9)8(2)7-13/h5-6,8,13-14H,4,7H2,1-3H3. The minimum absolute atomic E-state index is 0.0216. The van der Waals surface area contributed by atoms with Gasteiger partial charge in [-0.1, -0.05) is 19.9 Å². The lowest BCUT2D eigenvalue weighted by Crippen LogP contribution is -2.04. The first kappa shape index (κ1) is 11.9. The summed E-state index contributed by atoms with van der Waals surface area (Å²) in [6, 6.07) is 3.68. The Morgan fingerprint density at radius 1 is 1.40 bits per heavy atom. The molecule has 0 aromatic heterocycles. The van der Waals surface area contributed by atoms with Crippen molar-refractivity contribution in [2.45, 2.75) is 26.2 Å². The lowest BCUT2D eigenvalue weighted by atomic mass is 9.93. The second-order valence-corrected chi connectivity index (χ2v) is 3.63. The summed E-state index contributed by atoms with van der Waals surface area (Å²) in [4.78, 5) is 0. The fraction of sp³-hybridized carbons (Fsp3) is 0.500. The number of aromatic hydroxyl groups is 1. The molecule has 0 aliphatic rings. The Morgan fingerprint density at radius 3 is 2.53 bits per heavy atom. The molecule has 1 aromatic carbocycles. The van der Waals surface area contributed by atoms with Crippen LogP contribution in [0.4, 0.5) is 0 Å². The minimum Gasteiger partial charge on any atom is -0.504 e. The van der Waals surface area contributed by atoms with E-state index in [1.165, 1.54) is 7.11 Å². The topological polar surface area (TPSA) is 49.7 Å². The van der Waals surface area contributed by atoms with Gasteiger partial charge in [0.25, 0.3) is 0 Å². The van der Waals surface area contributed by atoms with Crippen LogP contribution in [0.3, 0.4) is 0 Å². The number of rotatable bonds is 4. The van der Waals surface area contributed by atoms with Crippen molar-refractivity contribution in [1.29, 1.82) is 0 Å². The maximum absolute atomic E-state index is 9.97. The average Bonchev–Trinajstić information content (AvgIpc) is 2.27. The molecule has 2 N–H and O–H groups in total. The van der Waals surface area contributed by atoms with Crippen molar-refractivity contribution in [2.24, 2.45) is 0 Å². The largest absolute Gasteiger partial charge is 0.504 e. The van der Waals surface area contributed by atoms with Gasteiger partial charge in [0.15, 0.2) is 11.5 Å². The molecule has 0 radical (unpaired) electrons. The number of benzene rings is 1. The monoisotopic (exact) mass is 210 g/mol. The zero-order chi connectivity index (χ0) is 11.4. The van der Waals surface area contributed by atoms with Crippen molar-refractivity contribution in [3.63, 3.8) is 0 Å². The van der Waals surface area contributed by atoms with Crippen LogP contribution in [-0.4, -0.2) is 23.9 Å². The summed E-state index contributed by atoms with van der Waals surface area (Å²) in [5.41, 5.74) is 1.84. The Bertz CT molecular complexity index is 334. The van der Waals surface area contributed by atoms with Gasteiger partial charge in [-0.3, -0.25) is 0 Å². The van der Waals surface area contributed by atoms with Crippen LogP contribution in [0.15, 0.2) is 12.1 Å². The summed E-state index contributed by atoms with van der Waals surface area (Å²) in [5, 5.41) is 19.1. The first-order valence-electron chi connectivity index (χ1n) is 5.15. The SMILES string of the molecule is CCc1ccc(OC)c(O)c1C(C)CO. The zero-order valence-electron chi connectivity index (χ0n) is 9.45. The predicted octanol–water partition coefficient (Wildman–Crippen LogP) is 2.06. The number of methoxy groups -OCH3 is 1. The molecule has 0 bridgehead atoms. The molecule has 0 saturated carbocycles. The number of hydrogen-bond acceptors (Lipinski definition) is 3. The molecule has 0 aliphatic carbocycles. The van der Waals surface area contributed by atoms with Gasteiger partial charge < -0.3 is 14.9 Å². The van der Waals surface area contributed by atoms with Crippen LogP contribution in [-0.2, 0) is 6.42 Å². The number of aliphatic hydroxyl groups is 1. The number of ether oxygens (including phenoxy) is 1. The van der Waals surface area contributed by atoms with Crippen LogP contribution >= 0.6 is 0 Å². The maximum Gasteiger partial charge on any atom is 0.161 e. The van der Waals surface area contributed by atoms with E-state index in [0.717, 1.165) is 17.5 Å². The molecular weight excluding hydrogens is 192 g/mol. The third-order valence-electron chi connectivity index (χ3n) is 2.64. The number of aliphatic hydroxyl groups excluding tert-OH is 1. The number of hydrogen-bond donors (Lipinski definition) is 2. The Balaban J connectivity index is 3.29. The van der Waals surface area contributed by atoms with Gasteiger partial charge >= 0.3 is 0 Å². The van der Waals surface area contributed by atoms with E-state index >= 15 is 0 Å². The number of aryl methyl sites for hydroxylation is 1. The van der Waals surface area contributed by atoms with Gasteiger partial charge in [-0.05, 0) is 18.1 Å². The van der Waals surface area contributed by atoms with Crippen molar-refractivity contribution in [2.75, 3.05) is 13.7 Å². The third kappa shape index (κ3) is 2.23. The summed E-state index contributed by atoms with van der Waals surface area (Å²) in [6.45, 7) is 3.93. The van der Waals surface area contributed by atoms with E-state index in [2.05, 4.69) is 0 Å². The van der Waals surface area contributed by atoms with E-state index in [-0.39, 0.29) is 18.3 Å². The normalized spacial score (nSPS) is 12.5. The summed E-state index contributed by atoms with van der Waals surface area (Å²) in [7, 11) is 1.52. The Morgan fingerprint density at radius 2 is 2.07 bits per heavy atom. The van der Waals surface area contributed by atoms with Crippen LogP contribution in [0.25, 0.3) is 0 Å². The molecule has 0 saturated heterocycles. The minimum atomic E-state index is -0.0740. The van der Waals surface area contributed by atoms with Crippen molar-refractivity contribution in [3.8, 4) is 11.5 Å². The van der Waals surface area contributed by atoms with E-state index < -0.39 is 0 Å². The third-order valence-corrected chi connectivity index (χ3v) is 2.64. The highest BCUT2D eigenvalue weighted by molar-refractivity contribution is 5.51. The molecule has 84 valence electrons. The Kier molecular flexibility index (Phi) is 3.97. The Labute approximate surface area is 90.3 Å². The van der Waals surface area contributed by atoms with Crippen LogP contribution < -0.4 is 4.74 Å². The quantitative estimate of drug-likeness (QED) is 0.799. The van der Waals surface area contributed by atoms with Gasteiger partial charge in [-0.2, -0.15) is 0 Å². The molecule has 3 heteroatoms. The average molecular weight is 210 g/mol. The molecule has 0 heterocycles. The van der Waals surface area contributed by atoms with Crippen molar-refractivity contribution < 1.29 is 14.9 Å². The molecule has 0 spiro atoms. The fourth-order valence-electron chi connectivity index (χ4n) is 1.74. The lowest BCUT2D eigenvalue weighted by molar-refractivity contribution is 0.268. The summed E-state index contributed by atoms with van der Waals surface area (Å²) < 4.78 is 5.05. The molecular formula is C12H18O3. The fourth-order valence-corrected chi connectivity index (χ4v) is 1.74. The number of phenols is 1. The molecule has 1 rings (SSSR count). The lowest BCUT2D eigenvalue weighted by Gasteiger charge is -2.17. The van der Waals surface area contributed by atoms with E-state index in [0.29, 0.717) is 5.75 Å². The number of phenolic OH excluding ortho intramolecular Hbond substituents is 1. The van der Waals surface area contributed by atoms with Gasteiger partial charge in [0.05, 0.1) is 7.11 Å². The molecule has 1 unspecified atom stereocenters. The second kappa shape index (κ2) is 5.03. The van der Waals surface area contributed by atoms with Crippen molar-refractivity contribution in [3.05, 3.63) is 23.3 Å². The smallest absolute Gasteiger partial charge is 0.161 e. The molecule has 1 atom stereocenters. The molecule has 1 aromatic rings. The molecule has 0 aliphatic heterocycles. The van der Waals surface area contributed by atoms with Crippen LogP contribution in [0.1, 0.15) is 30.9 Å². The van der Waals surface area contributed by atoms with Crippen molar-refractivity contribution in [1.82, 2.24) is 0 Å². The summed E-state index contributed by atoms with van der Waals surface area (Å²) in [6.07, 6.45) is 0.831. The molecule has 0 fully saturated rings.